The highest BCUT2D eigenvalue weighted by Gasteiger charge is 2.34. The number of nitrogens with zero attached hydrogens (tertiary/aromatic N) is 2. The Bertz CT molecular complexity index is 1570. The SMILES string of the molecule is O=C(NCCC(=O)N1CC(CCl)c2c1cc(O)c1ccccc21)N1CCc2c1cc(O)c1ccccc21. The molecule has 6 rings (SSSR count). The minimum Gasteiger partial charge on any atom is -0.507 e. The van der Waals surface area contributed by atoms with Crippen LogP contribution in [0.2, 0.25) is 0 Å². The van der Waals surface area contributed by atoms with E-state index in [1.54, 1.807) is 21.9 Å². The second-order valence-electron chi connectivity index (χ2n) is 9.55. The van der Waals surface area contributed by atoms with Gasteiger partial charge in [0.25, 0.3) is 0 Å². The molecule has 37 heavy (non-hydrogen) atoms. The molecule has 0 saturated heterocycles. The molecule has 4 aromatic rings. The average Bonchev–Trinajstić information content (AvgIpc) is 3.51. The van der Waals surface area contributed by atoms with Crippen LogP contribution in [-0.4, -0.2) is 47.7 Å². The topological polar surface area (TPSA) is 93.1 Å². The molecule has 0 saturated carbocycles. The second kappa shape index (κ2) is 9.16. The molecule has 1 atom stereocenters. The third kappa shape index (κ3) is 3.81. The lowest BCUT2D eigenvalue weighted by atomic mass is 9.95. The van der Waals surface area contributed by atoms with Crippen LogP contribution in [0.4, 0.5) is 16.2 Å². The minimum absolute atomic E-state index is 0.0377. The van der Waals surface area contributed by atoms with Gasteiger partial charge in [-0.2, -0.15) is 0 Å². The number of hydrogen-bond donors (Lipinski definition) is 3. The molecule has 188 valence electrons. The van der Waals surface area contributed by atoms with Crippen molar-refractivity contribution in [3.8, 4) is 11.5 Å². The fourth-order valence-corrected chi connectivity index (χ4v) is 6.01. The number of halogens is 1. The van der Waals surface area contributed by atoms with Gasteiger partial charge in [0.05, 0.1) is 11.4 Å². The van der Waals surface area contributed by atoms with Crippen LogP contribution in [0.1, 0.15) is 23.5 Å². The molecule has 8 heteroatoms. The largest absolute Gasteiger partial charge is 0.507 e. The summed E-state index contributed by atoms with van der Waals surface area (Å²) in [5, 5.41) is 27.3. The van der Waals surface area contributed by atoms with Crippen molar-refractivity contribution in [3.05, 3.63) is 71.8 Å². The zero-order chi connectivity index (χ0) is 25.7. The van der Waals surface area contributed by atoms with E-state index in [9.17, 15) is 19.8 Å². The van der Waals surface area contributed by atoms with Crippen molar-refractivity contribution >= 4 is 56.5 Å². The summed E-state index contributed by atoms with van der Waals surface area (Å²) < 4.78 is 0. The number of nitrogens with one attached hydrogen (secondary N) is 1. The van der Waals surface area contributed by atoms with E-state index >= 15 is 0 Å². The van der Waals surface area contributed by atoms with E-state index in [1.165, 1.54) is 0 Å². The maximum atomic E-state index is 13.2. The van der Waals surface area contributed by atoms with Crippen LogP contribution >= 0.6 is 11.6 Å². The van der Waals surface area contributed by atoms with Crippen molar-refractivity contribution in [2.24, 2.45) is 0 Å². The number of phenols is 2. The third-order valence-corrected chi connectivity index (χ3v) is 7.85. The van der Waals surface area contributed by atoms with Gasteiger partial charge in [0, 0.05) is 60.8 Å². The monoisotopic (exact) mass is 515 g/mol. The number of phenolic OH excluding ortho intramolecular Hbond substituents is 2. The Balaban J connectivity index is 1.17. The number of alkyl halides is 1. The minimum atomic E-state index is -0.301. The average molecular weight is 516 g/mol. The van der Waals surface area contributed by atoms with Crippen LogP contribution in [0, 0.1) is 0 Å². The van der Waals surface area contributed by atoms with E-state index < -0.39 is 0 Å². The van der Waals surface area contributed by atoms with Crippen LogP contribution < -0.4 is 15.1 Å². The number of rotatable bonds is 4. The zero-order valence-electron chi connectivity index (χ0n) is 20.1. The molecule has 0 fully saturated rings. The van der Waals surface area contributed by atoms with Gasteiger partial charge in [-0.1, -0.05) is 48.5 Å². The third-order valence-electron chi connectivity index (χ3n) is 7.48. The van der Waals surface area contributed by atoms with Gasteiger partial charge in [-0.15, -0.1) is 11.6 Å². The summed E-state index contributed by atoms with van der Waals surface area (Å²) in [5.74, 6) is 0.442. The van der Waals surface area contributed by atoms with Gasteiger partial charge in [0.1, 0.15) is 11.5 Å². The van der Waals surface area contributed by atoms with E-state index in [-0.39, 0.29) is 42.3 Å². The van der Waals surface area contributed by atoms with Crippen LogP contribution in [-0.2, 0) is 11.2 Å². The van der Waals surface area contributed by atoms with Gasteiger partial charge in [0.15, 0.2) is 0 Å². The highest BCUT2D eigenvalue weighted by molar-refractivity contribution is 6.19. The Kier molecular flexibility index (Phi) is 5.80. The van der Waals surface area contributed by atoms with Gasteiger partial charge in [-0.25, -0.2) is 4.79 Å². The molecule has 0 aromatic heterocycles. The number of carbonyl (C=O) groups is 2. The molecule has 2 aliphatic rings. The van der Waals surface area contributed by atoms with Crippen molar-refractivity contribution in [2.45, 2.75) is 18.8 Å². The van der Waals surface area contributed by atoms with E-state index in [1.807, 2.05) is 48.5 Å². The van der Waals surface area contributed by atoms with Gasteiger partial charge < -0.3 is 20.4 Å². The predicted octanol–water partition coefficient (Wildman–Crippen LogP) is 5.24. The standard InChI is InChI=1S/C29H26ClN3O4/c30-15-17-16-33(24-14-26(35)21-7-3-4-8-22(21)28(17)24)27(36)9-11-31-29(37)32-12-10-19-18-5-1-2-6-20(18)25(34)13-23(19)32/h1-8,13-14,17,34-35H,9-12,15-16H2,(H,31,37). The predicted molar refractivity (Wildman–Crippen MR) is 146 cm³/mol. The number of hydrogen-bond acceptors (Lipinski definition) is 4. The molecule has 3 amide bonds. The first-order valence-electron chi connectivity index (χ1n) is 12.4. The van der Waals surface area contributed by atoms with Gasteiger partial charge in [-0.05, 0) is 28.3 Å². The normalized spacial score (nSPS) is 16.3. The van der Waals surface area contributed by atoms with Crippen molar-refractivity contribution in [1.82, 2.24) is 5.32 Å². The lowest BCUT2D eigenvalue weighted by molar-refractivity contribution is -0.118. The summed E-state index contributed by atoms with van der Waals surface area (Å²) >= 11 is 6.27. The summed E-state index contributed by atoms with van der Waals surface area (Å²) in [6, 6.07) is 18.2. The van der Waals surface area contributed by atoms with E-state index in [0.29, 0.717) is 36.8 Å². The van der Waals surface area contributed by atoms with Crippen molar-refractivity contribution in [2.75, 3.05) is 35.3 Å². The van der Waals surface area contributed by atoms with Crippen LogP contribution in [0.15, 0.2) is 60.7 Å². The number of benzene rings is 4. The summed E-state index contributed by atoms with van der Waals surface area (Å²) in [7, 11) is 0. The highest BCUT2D eigenvalue weighted by Crippen LogP contribution is 2.45. The lowest BCUT2D eigenvalue weighted by Gasteiger charge is -2.21. The second-order valence-corrected chi connectivity index (χ2v) is 9.86. The number of fused-ring (bicyclic) bond motifs is 6. The number of carbonyl (C=O) groups excluding carboxylic acids is 2. The Morgan fingerprint density at radius 1 is 0.892 bits per heavy atom. The van der Waals surface area contributed by atoms with Gasteiger partial charge in [-0.3, -0.25) is 9.69 Å². The molecule has 4 aromatic carbocycles. The van der Waals surface area contributed by atoms with Crippen molar-refractivity contribution in [1.29, 1.82) is 0 Å². The fourth-order valence-electron chi connectivity index (χ4n) is 5.76. The van der Waals surface area contributed by atoms with Crippen LogP contribution in [0.25, 0.3) is 21.5 Å². The first kappa shape index (κ1) is 23.4. The number of urea groups is 1. The summed E-state index contributed by atoms with van der Waals surface area (Å²) in [6.45, 7) is 1.11. The molecular formula is C29H26ClN3O4. The molecule has 3 N–H and O–H groups in total. The van der Waals surface area contributed by atoms with E-state index in [0.717, 1.165) is 32.7 Å². The summed E-state index contributed by atoms with van der Waals surface area (Å²) in [5.41, 5.74) is 3.38. The Morgan fingerprint density at radius 2 is 1.51 bits per heavy atom. The molecule has 2 aliphatic heterocycles. The lowest BCUT2D eigenvalue weighted by Crippen LogP contribution is -2.41. The Labute approximate surface area is 218 Å². The maximum absolute atomic E-state index is 13.2. The van der Waals surface area contributed by atoms with E-state index in [2.05, 4.69) is 5.32 Å². The van der Waals surface area contributed by atoms with Gasteiger partial charge in [0.2, 0.25) is 5.91 Å². The molecule has 1 unspecified atom stereocenters. The van der Waals surface area contributed by atoms with Crippen molar-refractivity contribution in [3.63, 3.8) is 0 Å². The zero-order valence-corrected chi connectivity index (χ0v) is 20.8. The van der Waals surface area contributed by atoms with Crippen molar-refractivity contribution < 1.29 is 19.8 Å². The molecule has 0 aliphatic carbocycles. The van der Waals surface area contributed by atoms with Crippen LogP contribution in [0.3, 0.4) is 0 Å². The van der Waals surface area contributed by atoms with Gasteiger partial charge >= 0.3 is 6.03 Å². The molecule has 7 nitrogen and oxygen atoms in total. The fraction of sp³-hybridized carbons (Fsp3) is 0.241. The molecule has 0 bridgehead atoms. The quantitative estimate of drug-likeness (QED) is 0.324. The number of amides is 3. The Hall–Kier alpha value is -3.97. The highest BCUT2D eigenvalue weighted by atomic mass is 35.5. The van der Waals surface area contributed by atoms with E-state index in [4.69, 9.17) is 11.6 Å². The Morgan fingerprint density at radius 3 is 2.22 bits per heavy atom. The maximum Gasteiger partial charge on any atom is 0.321 e. The number of aromatic hydroxyl groups is 2. The molecule has 0 spiro atoms. The molecule has 2 heterocycles. The first-order chi connectivity index (χ1) is 18.0. The smallest absolute Gasteiger partial charge is 0.321 e. The molecular weight excluding hydrogens is 490 g/mol. The van der Waals surface area contributed by atoms with Crippen LogP contribution in [0.5, 0.6) is 11.5 Å². The summed E-state index contributed by atoms with van der Waals surface area (Å²) in [4.78, 5) is 29.5. The summed E-state index contributed by atoms with van der Waals surface area (Å²) in [6.07, 6.45) is 0.807. The molecule has 0 radical (unpaired) electrons. The number of anilines is 2. The first-order valence-corrected chi connectivity index (χ1v) is 12.9.